The maximum atomic E-state index is 12.1. The van der Waals surface area contributed by atoms with Crippen LogP contribution in [0.5, 0.6) is 0 Å². The summed E-state index contributed by atoms with van der Waals surface area (Å²) < 4.78 is 0. The third-order valence-corrected chi connectivity index (χ3v) is 3.08. The lowest BCUT2D eigenvalue weighted by Crippen LogP contribution is -2.42. The van der Waals surface area contributed by atoms with Gasteiger partial charge < -0.3 is 0 Å². The van der Waals surface area contributed by atoms with Crippen molar-refractivity contribution in [3.05, 3.63) is 24.3 Å². The highest BCUT2D eigenvalue weighted by Crippen LogP contribution is 2.40. The fraction of sp³-hybridized carbons (Fsp3) is 0.571. The van der Waals surface area contributed by atoms with Gasteiger partial charge in [-0.15, -0.1) is 13.2 Å². The molecule has 1 aliphatic carbocycles. The molecule has 0 aliphatic heterocycles. The van der Waals surface area contributed by atoms with E-state index in [4.69, 9.17) is 0 Å². The minimum absolute atomic E-state index is 0.0785. The van der Waals surface area contributed by atoms with E-state index in [1.165, 1.54) is 0 Å². The predicted octanol–water partition coefficient (Wildman–Crippen LogP) is 3.23. The molecule has 2 heteroatoms. The molecule has 0 atom stereocenters. The summed E-state index contributed by atoms with van der Waals surface area (Å²) in [6.45, 7) is 11.4. The summed E-state index contributed by atoms with van der Waals surface area (Å²) in [4.78, 5) is 24.2. The molecule has 0 N–H and O–H groups in total. The fourth-order valence-corrected chi connectivity index (χ4v) is 2.53. The van der Waals surface area contributed by atoms with Crippen LogP contribution in [0.3, 0.4) is 0 Å². The first-order valence-corrected chi connectivity index (χ1v) is 5.74. The molecule has 0 aromatic carbocycles. The van der Waals surface area contributed by atoms with Crippen LogP contribution in [-0.2, 0) is 9.59 Å². The number of allylic oxidation sites excluding steroid dienone is 2. The van der Waals surface area contributed by atoms with Gasteiger partial charge in [0.15, 0.2) is 0 Å². The molecule has 88 valence electrons. The van der Waals surface area contributed by atoms with Crippen LogP contribution in [0.1, 0.15) is 46.0 Å². The van der Waals surface area contributed by atoms with Crippen LogP contribution >= 0.6 is 0 Å². The Balaban J connectivity index is 3.07. The molecule has 0 saturated heterocycles. The summed E-state index contributed by atoms with van der Waals surface area (Å²) in [5.41, 5.74) is 0.949. The van der Waals surface area contributed by atoms with Crippen LogP contribution in [0.15, 0.2) is 24.3 Å². The predicted molar refractivity (Wildman–Crippen MR) is 65.2 cm³/mol. The zero-order valence-electron chi connectivity index (χ0n) is 10.3. The van der Waals surface area contributed by atoms with Gasteiger partial charge in [0.2, 0.25) is 0 Å². The molecule has 0 amide bonds. The van der Waals surface area contributed by atoms with Crippen molar-refractivity contribution in [2.24, 2.45) is 5.41 Å². The average Bonchev–Trinajstić information content (AvgIpc) is 2.12. The Labute approximate surface area is 97.4 Å². The third kappa shape index (κ3) is 2.49. The number of hydrogen-bond acceptors (Lipinski definition) is 2. The Hall–Kier alpha value is -1.18. The smallest absolute Gasteiger partial charge is 0.147 e. The van der Waals surface area contributed by atoms with Crippen LogP contribution in [0.25, 0.3) is 0 Å². The third-order valence-electron chi connectivity index (χ3n) is 3.08. The maximum absolute atomic E-state index is 12.1. The van der Waals surface area contributed by atoms with Crippen LogP contribution in [0.4, 0.5) is 0 Å². The van der Waals surface area contributed by atoms with Gasteiger partial charge in [-0.3, -0.25) is 9.59 Å². The Morgan fingerprint density at radius 3 is 1.75 bits per heavy atom. The molecule has 1 rings (SSSR count). The fourth-order valence-electron chi connectivity index (χ4n) is 2.53. The van der Waals surface area contributed by atoms with Crippen molar-refractivity contribution in [1.82, 2.24) is 0 Å². The van der Waals surface area contributed by atoms with E-state index in [0.29, 0.717) is 32.1 Å². The van der Waals surface area contributed by atoms with Crippen molar-refractivity contribution in [2.75, 3.05) is 0 Å². The molecule has 0 bridgehead atoms. The molecule has 0 heterocycles. The van der Waals surface area contributed by atoms with E-state index in [1.54, 1.807) is 0 Å². The quantitative estimate of drug-likeness (QED) is 0.538. The van der Waals surface area contributed by atoms with E-state index in [9.17, 15) is 9.59 Å². The summed E-state index contributed by atoms with van der Waals surface area (Å²) in [5.74, 6) is 0.157. The lowest BCUT2D eigenvalue weighted by atomic mass is 9.65. The Morgan fingerprint density at radius 2 is 1.44 bits per heavy atom. The zero-order valence-corrected chi connectivity index (χ0v) is 10.3. The molecule has 0 aromatic heterocycles. The summed E-state index contributed by atoms with van der Waals surface area (Å²) in [5, 5.41) is 0. The van der Waals surface area contributed by atoms with Gasteiger partial charge in [-0.05, 0) is 33.1 Å². The van der Waals surface area contributed by atoms with E-state index in [1.807, 2.05) is 13.8 Å². The van der Waals surface area contributed by atoms with Crippen molar-refractivity contribution in [3.8, 4) is 0 Å². The molecule has 1 fully saturated rings. The topological polar surface area (TPSA) is 34.1 Å². The summed E-state index contributed by atoms with van der Waals surface area (Å²) in [7, 11) is 0. The van der Waals surface area contributed by atoms with Crippen molar-refractivity contribution in [3.63, 3.8) is 0 Å². The van der Waals surface area contributed by atoms with Gasteiger partial charge in [-0.25, -0.2) is 0 Å². The number of carbonyl (C=O) groups excluding carboxylic acids is 2. The van der Waals surface area contributed by atoms with Crippen molar-refractivity contribution in [1.29, 1.82) is 0 Å². The highest BCUT2D eigenvalue weighted by molar-refractivity contribution is 6.09. The Morgan fingerprint density at radius 1 is 1.06 bits per heavy atom. The lowest BCUT2D eigenvalue weighted by Gasteiger charge is -2.34. The first-order valence-electron chi connectivity index (χ1n) is 5.74. The highest BCUT2D eigenvalue weighted by atomic mass is 16.2. The molecule has 0 spiro atoms. The SMILES string of the molecule is C=C(C)CC1(CC(=C)C)C(=O)CCCC1=O. The molecule has 0 radical (unpaired) electrons. The Kier molecular flexibility index (Phi) is 3.84. The summed E-state index contributed by atoms with van der Waals surface area (Å²) >= 11 is 0. The monoisotopic (exact) mass is 220 g/mol. The lowest BCUT2D eigenvalue weighted by molar-refractivity contribution is -0.144. The van der Waals surface area contributed by atoms with Gasteiger partial charge in [0.25, 0.3) is 0 Å². The zero-order chi connectivity index (χ0) is 12.3. The minimum Gasteiger partial charge on any atom is -0.299 e. The van der Waals surface area contributed by atoms with Crippen molar-refractivity contribution < 1.29 is 9.59 Å². The van der Waals surface area contributed by atoms with Crippen LogP contribution < -0.4 is 0 Å². The van der Waals surface area contributed by atoms with Gasteiger partial charge in [-0.1, -0.05) is 11.1 Å². The number of carbonyl (C=O) groups is 2. The van der Waals surface area contributed by atoms with Gasteiger partial charge >= 0.3 is 0 Å². The van der Waals surface area contributed by atoms with E-state index in [2.05, 4.69) is 13.2 Å². The van der Waals surface area contributed by atoms with Crippen LogP contribution in [-0.4, -0.2) is 11.6 Å². The Bertz CT molecular complexity index is 316. The molecule has 0 aromatic rings. The first-order chi connectivity index (χ1) is 7.38. The normalized spacial score (nSPS) is 19.6. The van der Waals surface area contributed by atoms with E-state index in [0.717, 1.165) is 11.1 Å². The van der Waals surface area contributed by atoms with Gasteiger partial charge in [-0.2, -0.15) is 0 Å². The van der Waals surface area contributed by atoms with Gasteiger partial charge in [0, 0.05) is 12.8 Å². The standard InChI is InChI=1S/C14H20O2/c1-10(2)8-14(9-11(3)4)12(15)6-5-7-13(14)16/h1,3,5-9H2,2,4H3. The molecule has 0 unspecified atom stereocenters. The van der Waals surface area contributed by atoms with E-state index >= 15 is 0 Å². The molecule has 1 saturated carbocycles. The number of rotatable bonds is 4. The molecule has 2 nitrogen and oxygen atoms in total. The van der Waals surface area contributed by atoms with Gasteiger partial charge in [0.1, 0.15) is 11.6 Å². The van der Waals surface area contributed by atoms with Crippen molar-refractivity contribution >= 4 is 11.6 Å². The second-order valence-corrected chi connectivity index (χ2v) is 5.05. The molecule has 16 heavy (non-hydrogen) atoms. The molecular weight excluding hydrogens is 200 g/mol. The largest absolute Gasteiger partial charge is 0.299 e. The second-order valence-electron chi connectivity index (χ2n) is 5.05. The highest BCUT2D eigenvalue weighted by Gasteiger charge is 2.46. The maximum Gasteiger partial charge on any atom is 0.147 e. The van der Waals surface area contributed by atoms with E-state index < -0.39 is 5.41 Å². The second kappa shape index (κ2) is 4.77. The molecular formula is C14H20O2. The first kappa shape index (κ1) is 12.9. The van der Waals surface area contributed by atoms with Gasteiger partial charge in [0.05, 0.1) is 5.41 Å². The average molecular weight is 220 g/mol. The van der Waals surface area contributed by atoms with E-state index in [-0.39, 0.29) is 11.6 Å². The number of ketones is 2. The molecule has 1 aliphatic rings. The minimum atomic E-state index is -0.837. The van der Waals surface area contributed by atoms with Crippen LogP contribution in [0.2, 0.25) is 0 Å². The van der Waals surface area contributed by atoms with Crippen LogP contribution in [0, 0.1) is 5.41 Å². The summed E-state index contributed by atoms with van der Waals surface area (Å²) in [6, 6.07) is 0. The number of hydrogen-bond donors (Lipinski definition) is 0. The van der Waals surface area contributed by atoms with Crippen molar-refractivity contribution in [2.45, 2.75) is 46.0 Å². The summed E-state index contributed by atoms with van der Waals surface area (Å²) in [6.07, 6.45) is 2.71. The number of Topliss-reactive ketones (excluding diaryl/α,β-unsaturated/α-hetero) is 2.